The molecule has 0 spiro atoms. The summed E-state index contributed by atoms with van der Waals surface area (Å²) in [5.41, 5.74) is 0. The Morgan fingerprint density at radius 2 is 1.82 bits per heavy atom. The molecule has 5 nitrogen and oxygen atoms in total. The van der Waals surface area contributed by atoms with Crippen LogP contribution in [0.1, 0.15) is 58.8 Å². The second-order valence-corrected chi connectivity index (χ2v) is 6.84. The molecule has 2 aliphatic rings. The third-order valence-corrected chi connectivity index (χ3v) is 4.79. The van der Waals surface area contributed by atoms with Gasteiger partial charge in [-0.1, -0.05) is 13.8 Å². The zero-order valence-electron chi connectivity index (χ0n) is 14.1. The van der Waals surface area contributed by atoms with Gasteiger partial charge < -0.3 is 15.5 Å². The van der Waals surface area contributed by atoms with E-state index in [-0.39, 0.29) is 18.4 Å². The van der Waals surface area contributed by atoms with Gasteiger partial charge in [0, 0.05) is 31.6 Å². The molecule has 5 heteroatoms. The van der Waals surface area contributed by atoms with Crippen LogP contribution in [-0.4, -0.2) is 48.4 Å². The van der Waals surface area contributed by atoms with Gasteiger partial charge in [0.05, 0.1) is 6.54 Å². The highest BCUT2D eigenvalue weighted by Crippen LogP contribution is 2.32. The van der Waals surface area contributed by atoms with Gasteiger partial charge >= 0.3 is 0 Å². The lowest BCUT2D eigenvalue weighted by atomic mass is 9.89. The molecule has 2 rings (SSSR count). The van der Waals surface area contributed by atoms with E-state index in [9.17, 15) is 9.59 Å². The Morgan fingerprint density at radius 1 is 1.14 bits per heavy atom. The molecule has 22 heavy (non-hydrogen) atoms. The van der Waals surface area contributed by atoms with Crippen LogP contribution in [0, 0.1) is 5.92 Å². The van der Waals surface area contributed by atoms with Crippen molar-refractivity contribution in [1.82, 2.24) is 15.5 Å². The molecular weight excluding hydrogens is 278 g/mol. The van der Waals surface area contributed by atoms with Crippen LogP contribution in [0.15, 0.2) is 0 Å². The van der Waals surface area contributed by atoms with E-state index >= 15 is 0 Å². The fraction of sp³-hybridized carbons (Fsp3) is 0.882. The smallest absolute Gasteiger partial charge is 0.239 e. The molecule has 0 saturated carbocycles. The Labute approximate surface area is 134 Å². The van der Waals surface area contributed by atoms with Gasteiger partial charge in [-0.25, -0.2) is 0 Å². The van der Waals surface area contributed by atoms with Crippen LogP contribution in [0.25, 0.3) is 0 Å². The standard InChI is InChI=1S/C17H31N3O2/c1-3-7-18-16(21)12-20(8-4-2)17(22)11-13-9-14-5-6-15(10-13)19-14/h13-15,19H,3-12H2,1-2H3,(H,18,21). The van der Waals surface area contributed by atoms with Crippen molar-refractivity contribution in [1.29, 1.82) is 0 Å². The predicted molar refractivity (Wildman–Crippen MR) is 87.5 cm³/mol. The van der Waals surface area contributed by atoms with Crippen molar-refractivity contribution in [3.63, 3.8) is 0 Å². The normalized spacial score (nSPS) is 26.7. The highest BCUT2D eigenvalue weighted by molar-refractivity contribution is 5.84. The Hall–Kier alpha value is -1.10. The van der Waals surface area contributed by atoms with Gasteiger partial charge in [0.25, 0.3) is 0 Å². The van der Waals surface area contributed by atoms with Gasteiger partial charge in [0.1, 0.15) is 0 Å². The zero-order chi connectivity index (χ0) is 15.9. The van der Waals surface area contributed by atoms with Crippen LogP contribution >= 0.6 is 0 Å². The Morgan fingerprint density at radius 3 is 2.41 bits per heavy atom. The fourth-order valence-corrected chi connectivity index (χ4v) is 3.77. The first-order valence-electron chi connectivity index (χ1n) is 8.92. The minimum absolute atomic E-state index is 0.0333. The minimum atomic E-state index is -0.0333. The summed E-state index contributed by atoms with van der Waals surface area (Å²) in [5.74, 6) is 0.609. The molecule has 0 aromatic carbocycles. The number of nitrogens with zero attached hydrogens (tertiary/aromatic N) is 1. The van der Waals surface area contributed by atoms with Crippen molar-refractivity contribution in [3.05, 3.63) is 0 Å². The van der Waals surface area contributed by atoms with Crippen LogP contribution in [0.4, 0.5) is 0 Å². The van der Waals surface area contributed by atoms with Crippen molar-refractivity contribution in [2.75, 3.05) is 19.6 Å². The molecule has 126 valence electrons. The van der Waals surface area contributed by atoms with Crippen LogP contribution in [0.5, 0.6) is 0 Å². The van der Waals surface area contributed by atoms with E-state index in [2.05, 4.69) is 17.6 Å². The van der Waals surface area contributed by atoms with Crippen molar-refractivity contribution in [2.24, 2.45) is 5.92 Å². The third kappa shape index (κ3) is 4.97. The molecule has 0 aliphatic carbocycles. The van der Waals surface area contributed by atoms with E-state index in [1.807, 2.05) is 6.92 Å². The van der Waals surface area contributed by atoms with E-state index in [1.165, 1.54) is 12.8 Å². The second-order valence-electron chi connectivity index (χ2n) is 6.84. The maximum atomic E-state index is 12.6. The number of carbonyl (C=O) groups excluding carboxylic acids is 2. The monoisotopic (exact) mass is 309 g/mol. The van der Waals surface area contributed by atoms with Crippen LogP contribution in [0.3, 0.4) is 0 Å². The van der Waals surface area contributed by atoms with Gasteiger partial charge in [0.15, 0.2) is 0 Å². The van der Waals surface area contributed by atoms with Crippen molar-refractivity contribution in [2.45, 2.75) is 70.9 Å². The maximum Gasteiger partial charge on any atom is 0.239 e. The summed E-state index contributed by atoms with van der Waals surface area (Å²) in [6.45, 7) is 5.65. The van der Waals surface area contributed by atoms with Crippen molar-refractivity contribution < 1.29 is 9.59 Å². The Balaban J connectivity index is 1.82. The van der Waals surface area contributed by atoms with Gasteiger partial charge in [0.2, 0.25) is 11.8 Å². The summed E-state index contributed by atoms with van der Waals surface area (Å²) in [6, 6.07) is 1.23. The Kier molecular flexibility index (Phi) is 6.68. The number of piperidine rings is 1. The van der Waals surface area contributed by atoms with Crippen molar-refractivity contribution >= 4 is 11.8 Å². The highest BCUT2D eigenvalue weighted by atomic mass is 16.2. The van der Waals surface area contributed by atoms with Crippen LogP contribution in [-0.2, 0) is 9.59 Å². The number of rotatable bonds is 8. The Bertz CT molecular complexity index is 374. The molecule has 2 saturated heterocycles. The molecule has 2 N–H and O–H groups in total. The molecule has 0 radical (unpaired) electrons. The molecule has 0 aromatic rings. The third-order valence-electron chi connectivity index (χ3n) is 4.79. The first kappa shape index (κ1) is 17.3. The SMILES string of the molecule is CCCNC(=O)CN(CCC)C(=O)CC1CC2CCC(C1)N2. The number of fused-ring (bicyclic) bond motifs is 2. The van der Waals surface area contributed by atoms with E-state index in [0.29, 0.717) is 37.5 Å². The molecule has 0 aromatic heterocycles. The summed E-state index contributed by atoms with van der Waals surface area (Å²) in [6.07, 6.45) is 7.17. The van der Waals surface area contributed by atoms with Gasteiger partial charge in [-0.15, -0.1) is 0 Å². The molecule has 2 unspecified atom stereocenters. The van der Waals surface area contributed by atoms with E-state index in [1.54, 1.807) is 4.90 Å². The lowest BCUT2D eigenvalue weighted by molar-refractivity contribution is -0.137. The lowest BCUT2D eigenvalue weighted by Gasteiger charge is -2.30. The summed E-state index contributed by atoms with van der Waals surface area (Å²) in [4.78, 5) is 26.2. The molecule has 2 fully saturated rings. The van der Waals surface area contributed by atoms with E-state index in [0.717, 1.165) is 25.7 Å². The maximum absolute atomic E-state index is 12.6. The first-order valence-corrected chi connectivity index (χ1v) is 8.92. The van der Waals surface area contributed by atoms with Crippen molar-refractivity contribution in [3.8, 4) is 0 Å². The van der Waals surface area contributed by atoms with Gasteiger partial charge in [-0.05, 0) is 44.4 Å². The largest absolute Gasteiger partial charge is 0.355 e. The average molecular weight is 309 g/mol. The van der Waals surface area contributed by atoms with E-state index in [4.69, 9.17) is 0 Å². The molecule has 2 heterocycles. The molecule has 2 aliphatic heterocycles. The molecule has 2 atom stereocenters. The quantitative estimate of drug-likeness (QED) is 0.717. The number of carbonyl (C=O) groups is 2. The predicted octanol–water partition coefficient (Wildman–Crippen LogP) is 1.67. The van der Waals surface area contributed by atoms with Gasteiger partial charge in [-0.2, -0.15) is 0 Å². The van der Waals surface area contributed by atoms with Crippen LogP contribution < -0.4 is 10.6 Å². The summed E-state index contributed by atoms with van der Waals surface area (Å²) >= 11 is 0. The average Bonchev–Trinajstić information content (AvgIpc) is 2.83. The summed E-state index contributed by atoms with van der Waals surface area (Å²) in [7, 11) is 0. The molecule has 2 amide bonds. The minimum Gasteiger partial charge on any atom is -0.355 e. The van der Waals surface area contributed by atoms with E-state index < -0.39 is 0 Å². The molecular formula is C17H31N3O2. The number of hydrogen-bond donors (Lipinski definition) is 2. The highest BCUT2D eigenvalue weighted by Gasteiger charge is 2.34. The van der Waals surface area contributed by atoms with Gasteiger partial charge in [-0.3, -0.25) is 9.59 Å². The topological polar surface area (TPSA) is 61.4 Å². The first-order chi connectivity index (χ1) is 10.6. The number of amides is 2. The molecule has 2 bridgehead atoms. The number of hydrogen-bond acceptors (Lipinski definition) is 3. The zero-order valence-corrected chi connectivity index (χ0v) is 14.1. The van der Waals surface area contributed by atoms with Crippen LogP contribution in [0.2, 0.25) is 0 Å². The fourth-order valence-electron chi connectivity index (χ4n) is 3.77. The lowest BCUT2D eigenvalue weighted by Crippen LogP contribution is -2.43. The summed E-state index contributed by atoms with van der Waals surface area (Å²) < 4.78 is 0. The second kappa shape index (κ2) is 8.51. The summed E-state index contributed by atoms with van der Waals surface area (Å²) in [5, 5.41) is 6.48. The number of nitrogens with one attached hydrogen (secondary N) is 2.